The maximum absolute atomic E-state index is 11.0. The van der Waals surface area contributed by atoms with Crippen molar-refractivity contribution in [1.82, 2.24) is 0 Å². The lowest BCUT2D eigenvalue weighted by atomic mass is 9.82. The predicted octanol–water partition coefficient (Wildman–Crippen LogP) is 2.75. The second kappa shape index (κ2) is 9.35. The Morgan fingerprint density at radius 2 is 1.48 bits per heavy atom. The number of aliphatic hydroxyl groups is 2. The molecule has 0 amide bonds. The van der Waals surface area contributed by atoms with Crippen molar-refractivity contribution in [2.45, 2.75) is 12.2 Å². The van der Waals surface area contributed by atoms with Gasteiger partial charge in [-0.3, -0.25) is 0 Å². The molecule has 1 heterocycles. The van der Waals surface area contributed by atoms with Crippen LogP contribution in [0.1, 0.15) is 23.3 Å². The summed E-state index contributed by atoms with van der Waals surface area (Å²) in [6.07, 6.45) is -1.18. The average molecular weight is 404 g/mol. The molecule has 2 N–H and O–H groups in total. The van der Waals surface area contributed by atoms with Gasteiger partial charge in [0.15, 0.2) is 23.0 Å². The summed E-state index contributed by atoms with van der Waals surface area (Å²) in [7, 11) is 6.27. The lowest BCUT2D eigenvalue weighted by Crippen LogP contribution is -2.25. The van der Waals surface area contributed by atoms with Gasteiger partial charge in [-0.15, -0.1) is 0 Å². The van der Waals surface area contributed by atoms with Crippen LogP contribution in [0.25, 0.3) is 0 Å². The molecule has 1 saturated heterocycles. The van der Waals surface area contributed by atoms with Crippen molar-refractivity contribution in [3.63, 3.8) is 0 Å². The quantitative estimate of drug-likeness (QED) is 0.700. The number of hydrogen-bond acceptors (Lipinski definition) is 7. The van der Waals surface area contributed by atoms with Gasteiger partial charge < -0.3 is 33.9 Å². The smallest absolute Gasteiger partial charge is 0.161 e. The normalized spacial score (nSPS) is 22.2. The van der Waals surface area contributed by atoms with E-state index in [1.165, 1.54) is 0 Å². The maximum atomic E-state index is 11.0. The molecule has 158 valence electrons. The van der Waals surface area contributed by atoms with Gasteiger partial charge in [-0.05, 0) is 35.4 Å². The van der Waals surface area contributed by atoms with Gasteiger partial charge >= 0.3 is 0 Å². The van der Waals surface area contributed by atoms with Gasteiger partial charge in [-0.2, -0.15) is 0 Å². The van der Waals surface area contributed by atoms with Gasteiger partial charge in [0.05, 0.1) is 47.3 Å². The van der Waals surface area contributed by atoms with Crippen molar-refractivity contribution in [2.24, 2.45) is 11.8 Å². The zero-order valence-electron chi connectivity index (χ0n) is 17.1. The third kappa shape index (κ3) is 4.12. The number of hydrogen-bond donors (Lipinski definition) is 2. The Balaban J connectivity index is 1.85. The van der Waals surface area contributed by atoms with Crippen LogP contribution in [0.3, 0.4) is 0 Å². The van der Waals surface area contributed by atoms with E-state index in [0.717, 1.165) is 5.56 Å². The van der Waals surface area contributed by atoms with Gasteiger partial charge in [0, 0.05) is 18.4 Å². The maximum Gasteiger partial charge on any atom is 0.161 e. The van der Waals surface area contributed by atoms with Crippen molar-refractivity contribution < 1.29 is 33.9 Å². The molecule has 0 aromatic heterocycles. The molecule has 1 aliphatic rings. The first kappa shape index (κ1) is 21.2. The molecule has 2 aromatic carbocycles. The minimum atomic E-state index is -0.822. The van der Waals surface area contributed by atoms with Crippen LogP contribution < -0.4 is 18.9 Å². The van der Waals surface area contributed by atoms with E-state index in [1.807, 2.05) is 18.2 Å². The molecular weight excluding hydrogens is 376 g/mol. The summed E-state index contributed by atoms with van der Waals surface area (Å²) in [4.78, 5) is 0. The molecule has 7 heteroatoms. The average Bonchev–Trinajstić information content (AvgIpc) is 3.21. The Morgan fingerprint density at radius 3 is 2.07 bits per heavy atom. The van der Waals surface area contributed by atoms with E-state index < -0.39 is 6.10 Å². The number of rotatable bonds is 8. The summed E-state index contributed by atoms with van der Waals surface area (Å²) in [6.45, 7) is 0.202. The second-order valence-electron chi connectivity index (χ2n) is 6.94. The van der Waals surface area contributed by atoms with Gasteiger partial charge in [-0.1, -0.05) is 12.1 Å². The van der Waals surface area contributed by atoms with E-state index in [-0.39, 0.29) is 24.5 Å². The lowest BCUT2D eigenvalue weighted by Gasteiger charge is -2.26. The van der Waals surface area contributed by atoms with Crippen LogP contribution in [0.4, 0.5) is 0 Å². The number of benzene rings is 2. The van der Waals surface area contributed by atoms with Crippen LogP contribution in [0.15, 0.2) is 36.4 Å². The van der Waals surface area contributed by atoms with Crippen molar-refractivity contribution in [1.29, 1.82) is 0 Å². The molecular formula is C22H28O7. The second-order valence-corrected chi connectivity index (χ2v) is 6.94. The van der Waals surface area contributed by atoms with Crippen LogP contribution in [0.2, 0.25) is 0 Å². The van der Waals surface area contributed by atoms with E-state index in [9.17, 15) is 10.2 Å². The standard InChI is InChI=1S/C22H28O7/c1-25-17-7-5-13(9-19(17)27-3)21(24)16-12-29-22(15(16)11-23)14-6-8-18(26-2)20(10-14)28-4/h5-10,15-16,21-24H,11-12H2,1-4H3/t15-,16+,21-,22+/m1/s1. The summed E-state index contributed by atoms with van der Waals surface area (Å²) in [6, 6.07) is 10.8. The van der Waals surface area contributed by atoms with E-state index in [4.69, 9.17) is 23.7 Å². The highest BCUT2D eigenvalue weighted by molar-refractivity contribution is 5.45. The first-order valence-corrected chi connectivity index (χ1v) is 9.42. The zero-order chi connectivity index (χ0) is 21.0. The number of methoxy groups -OCH3 is 4. The highest BCUT2D eigenvalue weighted by Gasteiger charge is 2.42. The number of ether oxygens (including phenoxy) is 5. The van der Waals surface area contributed by atoms with Gasteiger partial charge in [-0.25, -0.2) is 0 Å². The third-order valence-electron chi connectivity index (χ3n) is 5.51. The Hall–Kier alpha value is -2.48. The fourth-order valence-electron chi connectivity index (χ4n) is 3.90. The Labute approximate surface area is 170 Å². The third-order valence-corrected chi connectivity index (χ3v) is 5.51. The molecule has 2 aromatic rings. The fraction of sp³-hybridized carbons (Fsp3) is 0.455. The minimum Gasteiger partial charge on any atom is -0.493 e. The van der Waals surface area contributed by atoms with Crippen LogP contribution in [0, 0.1) is 11.8 Å². The van der Waals surface area contributed by atoms with Gasteiger partial charge in [0.1, 0.15) is 0 Å². The molecule has 29 heavy (non-hydrogen) atoms. The van der Waals surface area contributed by atoms with Crippen molar-refractivity contribution in [2.75, 3.05) is 41.7 Å². The summed E-state index contributed by atoms with van der Waals surface area (Å²) in [5.74, 6) is 1.78. The molecule has 0 aliphatic carbocycles. The fourth-order valence-corrected chi connectivity index (χ4v) is 3.90. The van der Waals surface area contributed by atoms with Crippen LogP contribution >= 0.6 is 0 Å². The van der Waals surface area contributed by atoms with Crippen molar-refractivity contribution in [3.8, 4) is 23.0 Å². The molecule has 0 radical (unpaired) electrons. The van der Waals surface area contributed by atoms with Crippen molar-refractivity contribution in [3.05, 3.63) is 47.5 Å². The molecule has 0 bridgehead atoms. The summed E-state index contributed by atoms with van der Waals surface area (Å²) in [5, 5.41) is 21.1. The predicted molar refractivity (Wildman–Crippen MR) is 107 cm³/mol. The zero-order valence-corrected chi connectivity index (χ0v) is 17.1. The van der Waals surface area contributed by atoms with Crippen LogP contribution in [-0.4, -0.2) is 51.9 Å². The van der Waals surface area contributed by atoms with E-state index >= 15 is 0 Å². The largest absolute Gasteiger partial charge is 0.493 e. The summed E-state index contributed by atoms with van der Waals surface area (Å²) in [5.41, 5.74) is 1.55. The van der Waals surface area contributed by atoms with Crippen LogP contribution in [0.5, 0.6) is 23.0 Å². The Kier molecular flexibility index (Phi) is 6.84. The molecule has 7 nitrogen and oxygen atoms in total. The van der Waals surface area contributed by atoms with E-state index in [0.29, 0.717) is 35.2 Å². The molecule has 1 fully saturated rings. The highest BCUT2D eigenvalue weighted by atomic mass is 16.5. The first-order chi connectivity index (χ1) is 14.1. The highest BCUT2D eigenvalue weighted by Crippen LogP contribution is 2.46. The number of aliphatic hydroxyl groups excluding tert-OH is 2. The SMILES string of the molecule is COc1ccc([C@@H](O)[C@H]2CO[C@@H](c3ccc(OC)c(OC)c3)[C@@H]2CO)cc1OC. The summed E-state index contributed by atoms with van der Waals surface area (Å²) >= 11 is 0. The van der Waals surface area contributed by atoms with E-state index in [1.54, 1.807) is 46.6 Å². The molecule has 0 unspecified atom stereocenters. The topological polar surface area (TPSA) is 86.6 Å². The molecule has 3 rings (SSSR count). The summed E-state index contributed by atoms with van der Waals surface area (Å²) < 4.78 is 27.3. The Morgan fingerprint density at radius 1 is 0.897 bits per heavy atom. The molecule has 1 aliphatic heterocycles. The van der Waals surface area contributed by atoms with Crippen LogP contribution in [-0.2, 0) is 4.74 Å². The monoisotopic (exact) mass is 404 g/mol. The lowest BCUT2D eigenvalue weighted by molar-refractivity contribution is 0.0632. The van der Waals surface area contributed by atoms with E-state index in [2.05, 4.69) is 0 Å². The molecule has 4 atom stereocenters. The first-order valence-electron chi connectivity index (χ1n) is 9.42. The molecule has 0 saturated carbocycles. The van der Waals surface area contributed by atoms with Crippen molar-refractivity contribution >= 4 is 0 Å². The Bertz CT molecular complexity index is 823. The minimum absolute atomic E-state index is 0.117. The van der Waals surface area contributed by atoms with Gasteiger partial charge in [0.25, 0.3) is 0 Å². The van der Waals surface area contributed by atoms with Gasteiger partial charge in [0.2, 0.25) is 0 Å². The molecule has 0 spiro atoms.